The number of aromatic nitrogens is 1. The largest absolute Gasteiger partial charge is 0.357 e. The van der Waals surface area contributed by atoms with Crippen molar-refractivity contribution in [3.05, 3.63) is 22.8 Å². The van der Waals surface area contributed by atoms with Crippen LogP contribution < -0.4 is 10.2 Å². The Balaban J connectivity index is 1.67. The zero-order valence-corrected chi connectivity index (χ0v) is 13.7. The summed E-state index contributed by atoms with van der Waals surface area (Å²) in [4.78, 5) is 7.00. The molecule has 0 aromatic carbocycles. The quantitative estimate of drug-likeness (QED) is 0.891. The molecule has 0 spiro atoms. The first-order valence-electron chi connectivity index (χ1n) is 8.39. The number of halogens is 1. The van der Waals surface area contributed by atoms with Crippen molar-refractivity contribution in [2.24, 2.45) is 5.92 Å². The normalized spacial score (nSPS) is 23.1. The van der Waals surface area contributed by atoms with Gasteiger partial charge in [0.1, 0.15) is 5.82 Å². The average molecular weight is 308 g/mol. The highest BCUT2D eigenvalue weighted by atomic mass is 35.5. The van der Waals surface area contributed by atoms with Gasteiger partial charge in [-0.05, 0) is 49.7 Å². The van der Waals surface area contributed by atoms with E-state index in [1.807, 2.05) is 6.20 Å². The summed E-state index contributed by atoms with van der Waals surface area (Å²) in [7, 11) is 0. The van der Waals surface area contributed by atoms with Gasteiger partial charge in [-0.2, -0.15) is 0 Å². The number of pyridine rings is 1. The number of rotatable bonds is 5. The zero-order chi connectivity index (χ0) is 14.7. The number of nitrogens with zero attached hydrogens (tertiary/aromatic N) is 2. The molecular formula is C17H26ClN3. The van der Waals surface area contributed by atoms with Crippen molar-refractivity contribution in [2.45, 2.75) is 58.0 Å². The predicted octanol–water partition coefficient (Wildman–Crippen LogP) is 4.00. The van der Waals surface area contributed by atoms with E-state index in [1.165, 1.54) is 44.1 Å². The van der Waals surface area contributed by atoms with Crippen LogP contribution in [0.25, 0.3) is 0 Å². The molecule has 4 heteroatoms. The molecule has 1 atom stereocenters. The Bertz CT molecular complexity index is 473. The fraction of sp³-hybridized carbons (Fsp3) is 0.706. The third kappa shape index (κ3) is 4.10. The molecule has 116 valence electrons. The fourth-order valence-electron chi connectivity index (χ4n) is 3.12. The summed E-state index contributed by atoms with van der Waals surface area (Å²) in [6.07, 6.45) is 9.66. The first kappa shape index (κ1) is 15.1. The van der Waals surface area contributed by atoms with Gasteiger partial charge in [0.15, 0.2) is 0 Å². The lowest BCUT2D eigenvalue weighted by Gasteiger charge is -2.22. The van der Waals surface area contributed by atoms with Gasteiger partial charge in [-0.15, -0.1) is 0 Å². The molecule has 1 saturated heterocycles. The molecule has 0 amide bonds. The minimum atomic E-state index is 0.709. The molecule has 0 bridgehead atoms. The summed E-state index contributed by atoms with van der Waals surface area (Å²) in [6.45, 7) is 5.43. The molecule has 1 aliphatic carbocycles. The first-order chi connectivity index (χ1) is 10.3. The van der Waals surface area contributed by atoms with E-state index in [2.05, 4.69) is 28.2 Å². The zero-order valence-electron chi connectivity index (χ0n) is 12.9. The Morgan fingerprint density at radius 1 is 1.29 bits per heavy atom. The maximum Gasteiger partial charge on any atom is 0.128 e. The van der Waals surface area contributed by atoms with Crippen LogP contribution in [0.5, 0.6) is 0 Å². The molecule has 1 aromatic rings. The first-order valence-corrected chi connectivity index (χ1v) is 8.76. The van der Waals surface area contributed by atoms with Gasteiger partial charge in [-0.3, -0.25) is 0 Å². The van der Waals surface area contributed by atoms with Gasteiger partial charge in [-0.25, -0.2) is 4.98 Å². The van der Waals surface area contributed by atoms with Gasteiger partial charge in [0.05, 0.1) is 5.02 Å². The third-order valence-corrected chi connectivity index (χ3v) is 5.17. The SMILES string of the molecule is CCC1CCCN(c2cc(CNC3CC3)c(Cl)cn2)CC1. The Morgan fingerprint density at radius 2 is 2.14 bits per heavy atom. The average Bonchev–Trinajstić information content (AvgIpc) is 3.33. The number of nitrogens with one attached hydrogen (secondary N) is 1. The summed E-state index contributed by atoms with van der Waals surface area (Å²) in [5, 5.41) is 4.33. The fourth-order valence-corrected chi connectivity index (χ4v) is 3.29. The topological polar surface area (TPSA) is 28.2 Å². The van der Waals surface area contributed by atoms with Gasteiger partial charge in [0, 0.05) is 31.9 Å². The maximum absolute atomic E-state index is 6.30. The second kappa shape index (κ2) is 6.97. The Kier molecular flexibility index (Phi) is 5.02. The molecule has 0 radical (unpaired) electrons. The molecular weight excluding hydrogens is 282 g/mol. The van der Waals surface area contributed by atoms with E-state index in [0.717, 1.165) is 36.4 Å². The van der Waals surface area contributed by atoms with Crippen LogP contribution in [0, 0.1) is 5.92 Å². The summed E-state index contributed by atoms with van der Waals surface area (Å²) in [6, 6.07) is 2.89. The second-order valence-electron chi connectivity index (χ2n) is 6.48. The second-order valence-corrected chi connectivity index (χ2v) is 6.89. The third-order valence-electron chi connectivity index (χ3n) is 4.83. The molecule has 1 aromatic heterocycles. The van der Waals surface area contributed by atoms with E-state index in [1.54, 1.807) is 0 Å². The highest BCUT2D eigenvalue weighted by molar-refractivity contribution is 6.31. The van der Waals surface area contributed by atoms with E-state index in [0.29, 0.717) is 6.04 Å². The smallest absolute Gasteiger partial charge is 0.128 e. The van der Waals surface area contributed by atoms with E-state index < -0.39 is 0 Å². The monoisotopic (exact) mass is 307 g/mol. The van der Waals surface area contributed by atoms with E-state index in [9.17, 15) is 0 Å². The van der Waals surface area contributed by atoms with Crippen molar-refractivity contribution >= 4 is 17.4 Å². The van der Waals surface area contributed by atoms with E-state index >= 15 is 0 Å². The highest BCUT2D eigenvalue weighted by Gasteiger charge is 2.21. The summed E-state index contributed by atoms with van der Waals surface area (Å²) in [5.41, 5.74) is 1.19. The Labute approximate surface area is 133 Å². The molecule has 2 aliphatic rings. The molecule has 1 saturated carbocycles. The van der Waals surface area contributed by atoms with Crippen molar-refractivity contribution < 1.29 is 0 Å². The molecule has 1 aliphatic heterocycles. The van der Waals surface area contributed by atoms with Crippen LogP contribution in [0.15, 0.2) is 12.3 Å². The molecule has 3 rings (SSSR count). The number of hydrogen-bond acceptors (Lipinski definition) is 3. The van der Waals surface area contributed by atoms with Crippen molar-refractivity contribution in [3.63, 3.8) is 0 Å². The van der Waals surface area contributed by atoms with E-state index in [-0.39, 0.29) is 0 Å². The van der Waals surface area contributed by atoms with Crippen molar-refractivity contribution in [2.75, 3.05) is 18.0 Å². The molecule has 2 fully saturated rings. The van der Waals surface area contributed by atoms with Crippen LogP contribution in [-0.2, 0) is 6.54 Å². The van der Waals surface area contributed by atoms with Crippen molar-refractivity contribution in [3.8, 4) is 0 Å². The molecule has 2 heterocycles. The van der Waals surface area contributed by atoms with Gasteiger partial charge < -0.3 is 10.2 Å². The molecule has 1 N–H and O–H groups in total. The molecule has 3 nitrogen and oxygen atoms in total. The predicted molar refractivity (Wildman–Crippen MR) is 89.0 cm³/mol. The minimum Gasteiger partial charge on any atom is -0.357 e. The highest BCUT2D eigenvalue weighted by Crippen LogP contribution is 2.26. The molecule has 21 heavy (non-hydrogen) atoms. The van der Waals surface area contributed by atoms with Crippen molar-refractivity contribution in [1.82, 2.24) is 10.3 Å². The Morgan fingerprint density at radius 3 is 2.90 bits per heavy atom. The van der Waals surface area contributed by atoms with Crippen molar-refractivity contribution in [1.29, 1.82) is 0 Å². The molecule has 1 unspecified atom stereocenters. The van der Waals surface area contributed by atoms with Crippen LogP contribution >= 0.6 is 11.6 Å². The summed E-state index contributed by atoms with van der Waals surface area (Å²) >= 11 is 6.30. The number of hydrogen-bond donors (Lipinski definition) is 1. The van der Waals surface area contributed by atoms with Crippen LogP contribution in [-0.4, -0.2) is 24.1 Å². The minimum absolute atomic E-state index is 0.709. The summed E-state index contributed by atoms with van der Waals surface area (Å²) in [5.74, 6) is 1.99. The van der Waals surface area contributed by atoms with Crippen LogP contribution in [0.3, 0.4) is 0 Å². The van der Waals surface area contributed by atoms with E-state index in [4.69, 9.17) is 11.6 Å². The van der Waals surface area contributed by atoms with Gasteiger partial charge >= 0.3 is 0 Å². The van der Waals surface area contributed by atoms with Crippen LogP contribution in [0.2, 0.25) is 5.02 Å². The lowest BCUT2D eigenvalue weighted by Crippen LogP contribution is -2.25. The number of anilines is 1. The lowest BCUT2D eigenvalue weighted by atomic mass is 9.98. The van der Waals surface area contributed by atoms with Gasteiger partial charge in [0.25, 0.3) is 0 Å². The standard InChI is InChI=1S/C17H26ClN3/c1-2-13-4-3-8-21(9-7-13)17-10-14(16(18)12-20-17)11-19-15-5-6-15/h10,12-13,15,19H,2-9,11H2,1H3. The van der Waals surface area contributed by atoms with Crippen LogP contribution in [0.4, 0.5) is 5.82 Å². The van der Waals surface area contributed by atoms with Crippen LogP contribution in [0.1, 0.15) is 51.0 Å². The maximum atomic E-state index is 6.30. The van der Waals surface area contributed by atoms with Gasteiger partial charge in [0.2, 0.25) is 0 Å². The Hall–Kier alpha value is -0.800. The summed E-state index contributed by atoms with van der Waals surface area (Å²) < 4.78 is 0. The van der Waals surface area contributed by atoms with Gasteiger partial charge in [-0.1, -0.05) is 24.9 Å². The lowest BCUT2D eigenvalue weighted by molar-refractivity contribution is 0.459.